The minimum absolute atomic E-state index is 0.147. The lowest BCUT2D eigenvalue weighted by Crippen LogP contribution is -2.22. The van der Waals surface area contributed by atoms with Gasteiger partial charge in [-0.2, -0.15) is 5.26 Å². The molecule has 1 aromatic rings. The van der Waals surface area contributed by atoms with Crippen molar-refractivity contribution in [2.75, 3.05) is 14.1 Å². The molecule has 0 spiro atoms. The molecule has 0 radical (unpaired) electrons. The largest absolute Gasteiger partial charge is 0.501 e. The van der Waals surface area contributed by atoms with E-state index in [4.69, 9.17) is 5.26 Å². The number of nitrogens with zero attached hydrogens (tertiary/aromatic N) is 3. The molecule has 8 heteroatoms. The van der Waals surface area contributed by atoms with Gasteiger partial charge in [0.2, 0.25) is 5.75 Å². The highest BCUT2D eigenvalue weighted by Crippen LogP contribution is 2.32. The third-order valence-electron chi connectivity index (χ3n) is 2.33. The number of phenols is 1. The number of nitro benzene ring substituents is 1. The van der Waals surface area contributed by atoms with Gasteiger partial charge in [-0.05, 0) is 40.3 Å². The highest BCUT2D eigenvalue weighted by Gasteiger charge is 2.18. The van der Waals surface area contributed by atoms with Gasteiger partial charge in [-0.1, -0.05) is 0 Å². The van der Waals surface area contributed by atoms with Crippen LogP contribution in [0.25, 0.3) is 6.08 Å². The van der Waals surface area contributed by atoms with Crippen LogP contribution in [-0.2, 0) is 4.79 Å². The van der Waals surface area contributed by atoms with Gasteiger partial charge in [0, 0.05) is 20.2 Å². The molecule has 20 heavy (non-hydrogen) atoms. The first kappa shape index (κ1) is 15.9. The normalized spacial score (nSPS) is 10.8. The van der Waals surface area contributed by atoms with Crippen molar-refractivity contribution in [3.05, 3.63) is 37.0 Å². The highest BCUT2D eigenvalue weighted by atomic mass is 127. The quantitative estimate of drug-likeness (QED) is 0.280. The van der Waals surface area contributed by atoms with Gasteiger partial charge in [-0.15, -0.1) is 0 Å². The average molecular weight is 387 g/mol. The number of likely N-dealkylation sites (N-methyl/N-ethyl adjacent to an activating group) is 1. The van der Waals surface area contributed by atoms with Gasteiger partial charge in [0.15, 0.2) is 0 Å². The van der Waals surface area contributed by atoms with E-state index >= 15 is 0 Å². The molecule has 0 unspecified atom stereocenters. The molecule has 104 valence electrons. The molecule has 0 fully saturated rings. The fourth-order valence-electron chi connectivity index (χ4n) is 1.38. The van der Waals surface area contributed by atoms with Crippen LogP contribution in [0.1, 0.15) is 5.56 Å². The van der Waals surface area contributed by atoms with Crippen molar-refractivity contribution < 1.29 is 14.8 Å². The Morgan fingerprint density at radius 1 is 1.55 bits per heavy atom. The van der Waals surface area contributed by atoms with Crippen molar-refractivity contribution in [3.63, 3.8) is 0 Å². The van der Waals surface area contributed by atoms with Crippen molar-refractivity contribution in [3.8, 4) is 11.8 Å². The van der Waals surface area contributed by atoms with Crippen LogP contribution in [0.4, 0.5) is 5.69 Å². The van der Waals surface area contributed by atoms with E-state index in [2.05, 4.69) is 0 Å². The summed E-state index contributed by atoms with van der Waals surface area (Å²) in [5.74, 6) is -0.941. The fraction of sp³-hybridized carbons (Fsp3) is 0.167. The second kappa shape index (κ2) is 6.33. The Morgan fingerprint density at radius 3 is 2.60 bits per heavy atom. The van der Waals surface area contributed by atoms with Crippen molar-refractivity contribution in [2.24, 2.45) is 0 Å². The summed E-state index contributed by atoms with van der Waals surface area (Å²) in [6, 6.07) is 4.31. The maximum absolute atomic E-state index is 11.7. The molecule has 0 atom stereocenters. The molecular weight excluding hydrogens is 377 g/mol. The van der Waals surface area contributed by atoms with Crippen molar-refractivity contribution in [1.29, 1.82) is 5.26 Å². The molecule has 1 aromatic carbocycles. The summed E-state index contributed by atoms with van der Waals surface area (Å²) in [7, 11) is 2.99. The number of hydrogen-bond donors (Lipinski definition) is 1. The molecule has 0 aliphatic carbocycles. The first-order valence-electron chi connectivity index (χ1n) is 5.28. The van der Waals surface area contributed by atoms with E-state index in [1.165, 1.54) is 31.1 Å². The molecule has 0 aliphatic rings. The zero-order chi connectivity index (χ0) is 15.4. The third kappa shape index (κ3) is 3.45. The summed E-state index contributed by atoms with van der Waals surface area (Å²) in [5, 5.41) is 29.3. The van der Waals surface area contributed by atoms with Gasteiger partial charge in [0.25, 0.3) is 5.91 Å². The van der Waals surface area contributed by atoms with Crippen LogP contribution in [0.2, 0.25) is 0 Å². The highest BCUT2D eigenvalue weighted by molar-refractivity contribution is 14.1. The van der Waals surface area contributed by atoms with Gasteiger partial charge in [0.1, 0.15) is 11.6 Å². The molecule has 0 aliphatic heterocycles. The molecule has 7 nitrogen and oxygen atoms in total. The van der Waals surface area contributed by atoms with Crippen LogP contribution in [-0.4, -0.2) is 34.9 Å². The number of hydrogen-bond acceptors (Lipinski definition) is 5. The van der Waals surface area contributed by atoms with Crippen LogP contribution in [0, 0.1) is 25.0 Å². The number of benzene rings is 1. The topological polar surface area (TPSA) is 107 Å². The minimum atomic E-state index is -0.728. The van der Waals surface area contributed by atoms with E-state index in [1.807, 2.05) is 0 Å². The molecule has 0 saturated carbocycles. The third-order valence-corrected chi connectivity index (χ3v) is 3.15. The Kier molecular flexibility index (Phi) is 5.04. The Balaban J connectivity index is 3.38. The van der Waals surface area contributed by atoms with Gasteiger partial charge in [-0.25, -0.2) is 0 Å². The van der Waals surface area contributed by atoms with E-state index in [0.29, 0.717) is 5.56 Å². The summed E-state index contributed by atoms with van der Waals surface area (Å²) < 4.78 is 0.262. The Labute approximate surface area is 128 Å². The summed E-state index contributed by atoms with van der Waals surface area (Å²) in [6.45, 7) is 0. The first-order valence-corrected chi connectivity index (χ1v) is 6.36. The van der Waals surface area contributed by atoms with Crippen LogP contribution in [0.3, 0.4) is 0 Å². The number of carbonyl (C=O) groups excluding carboxylic acids is 1. The number of nitriles is 1. The summed E-state index contributed by atoms with van der Waals surface area (Å²) >= 11 is 1.74. The lowest BCUT2D eigenvalue weighted by molar-refractivity contribution is -0.386. The molecule has 1 N–H and O–H groups in total. The molecule has 0 bridgehead atoms. The predicted octanol–water partition coefficient (Wildman–Crippen LogP) is 1.90. The minimum Gasteiger partial charge on any atom is -0.501 e. The standard InChI is InChI=1S/C12H10IN3O4/c1-15(2)12(18)8(6-14)3-7-4-9(13)11(17)10(5-7)16(19)20/h3-5,17H,1-2H3/b8-3-. The molecule has 0 saturated heterocycles. The summed E-state index contributed by atoms with van der Waals surface area (Å²) in [4.78, 5) is 23.0. The van der Waals surface area contributed by atoms with E-state index in [9.17, 15) is 20.0 Å². The smallest absolute Gasteiger partial charge is 0.312 e. The lowest BCUT2D eigenvalue weighted by Gasteiger charge is -2.08. The monoisotopic (exact) mass is 387 g/mol. The molecular formula is C12H10IN3O4. The molecule has 1 rings (SSSR count). The van der Waals surface area contributed by atoms with Gasteiger partial charge >= 0.3 is 5.69 Å². The van der Waals surface area contributed by atoms with E-state index in [-0.39, 0.29) is 9.14 Å². The fourth-order valence-corrected chi connectivity index (χ4v) is 2.01. The average Bonchev–Trinajstić information content (AvgIpc) is 2.38. The summed E-state index contributed by atoms with van der Waals surface area (Å²) in [5.41, 5.74) is -0.325. The number of phenolic OH excluding ortho intramolecular Hbond substituents is 1. The van der Waals surface area contributed by atoms with Gasteiger partial charge < -0.3 is 10.0 Å². The number of amides is 1. The van der Waals surface area contributed by atoms with E-state index in [1.54, 1.807) is 28.7 Å². The molecule has 0 aromatic heterocycles. The molecule has 0 heterocycles. The first-order chi connectivity index (χ1) is 9.27. The van der Waals surface area contributed by atoms with Crippen molar-refractivity contribution in [2.45, 2.75) is 0 Å². The number of rotatable bonds is 3. The molecule has 1 amide bonds. The second-order valence-electron chi connectivity index (χ2n) is 4.00. The van der Waals surface area contributed by atoms with Crippen LogP contribution in [0.5, 0.6) is 5.75 Å². The van der Waals surface area contributed by atoms with E-state index in [0.717, 1.165) is 6.07 Å². The van der Waals surface area contributed by atoms with Gasteiger partial charge in [-0.3, -0.25) is 14.9 Å². The van der Waals surface area contributed by atoms with Gasteiger partial charge in [0.05, 0.1) is 8.49 Å². The number of carbonyl (C=O) groups is 1. The van der Waals surface area contributed by atoms with Crippen molar-refractivity contribution in [1.82, 2.24) is 4.90 Å². The Hall–Kier alpha value is -2.15. The SMILES string of the molecule is CN(C)C(=O)/C(C#N)=C\c1cc(I)c(O)c([N+](=O)[O-])c1. The van der Waals surface area contributed by atoms with Crippen LogP contribution >= 0.6 is 22.6 Å². The van der Waals surface area contributed by atoms with E-state index < -0.39 is 22.3 Å². The van der Waals surface area contributed by atoms with Crippen molar-refractivity contribution >= 4 is 40.3 Å². The number of halogens is 1. The zero-order valence-electron chi connectivity index (χ0n) is 10.6. The Morgan fingerprint density at radius 2 is 2.15 bits per heavy atom. The summed E-state index contributed by atoms with van der Waals surface area (Å²) in [6.07, 6.45) is 1.25. The lowest BCUT2D eigenvalue weighted by atomic mass is 10.1. The second-order valence-corrected chi connectivity index (χ2v) is 5.16. The zero-order valence-corrected chi connectivity index (χ0v) is 12.8. The predicted molar refractivity (Wildman–Crippen MR) is 79.8 cm³/mol. The number of nitro groups is 1. The maximum atomic E-state index is 11.7. The Bertz CT molecular complexity index is 647. The van der Waals surface area contributed by atoms with Crippen LogP contribution in [0.15, 0.2) is 17.7 Å². The van der Waals surface area contributed by atoms with Crippen LogP contribution < -0.4 is 0 Å². The maximum Gasteiger partial charge on any atom is 0.312 e. The number of aromatic hydroxyl groups is 1.